The molecule has 0 fully saturated rings. The first-order chi connectivity index (χ1) is 16.2. The van der Waals surface area contributed by atoms with Crippen LogP contribution in [0.4, 0.5) is 4.79 Å². The maximum atomic E-state index is 12.7. The second-order valence-corrected chi connectivity index (χ2v) is 8.53. The van der Waals surface area contributed by atoms with Crippen molar-refractivity contribution in [3.05, 3.63) is 95.8 Å². The van der Waals surface area contributed by atoms with Gasteiger partial charge in [0, 0.05) is 43.8 Å². The molecule has 0 saturated carbocycles. The van der Waals surface area contributed by atoms with E-state index in [1.54, 1.807) is 6.20 Å². The van der Waals surface area contributed by atoms with Gasteiger partial charge < -0.3 is 15.2 Å². The predicted octanol–water partition coefficient (Wildman–Crippen LogP) is 4.21. The van der Waals surface area contributed by atoms with Crippen molar-refractivity contribution in [3.63, 3.8) is 0 Å². The number of imidazole rings is 1. The van der Waals surface area contributed by atoms with Crippen LogP contribution in [0.2, 0.25) is 0 Å². The van der Waals surface area contributed by atoms with E-state index in [1.807, 2.05) is 47.2 Å². The van der Waals surface area contributed by atoms with Crippen LogP contribution < -0.4 is 10.6 Å². The van der Waals surface area contributed by atoms with Crippen molar-refractivity contribution in [1.29, 1.82) is 0 Å². The van der Waals surface area contributed by atoms with Crippen molar-refractivity contribution in [2.75, 3.05) is 0 Å². The van der Waals surface area contributed by atoms with Crippen molar-refractivity contribution in [1.82, 2.24) is 30.0 Å². The molecule has 2 N–H and O–H groups in total. The number of hydrogen-bond acceptors (Lipinski definition) is 3. The lowest BCUT2D eigenvalue weighted by Gasteiger charge is -2.24. The fourth-order valence-electron chi connectivity index (χ4n) is 4.58. The number of aryl methyl sites for hydroxylation is 1. The van der Waals surface area contributed by atoms with E-state index in [1.165, 1.54) is 11.3 Å². The number of carbonyl (C=O) groups excluding carboxylic acids is 1. The van der Waals surface area contributed by atoms with Crippen LogP contribution in [0.3, 0.4) is 0 Å². The van der Waals surface area contributed by atoms with E-state index in [0.717, 1.165) is 48.1 Å². The van der Waals surface area contributed by atoms with E-state index in [-0.39, 0.29) is 12.1 Å². The topological polar surface area (TPSA) is 76.8 Å². The molecule has 0 aliphatic heterocycles. The van der Waals surface area contributed by atoms with Crippen LogP contribution >= 0.6 is 0 Å². The number of urea groups is 1. The van der Waals surface area contributed by atoms with Crippen molar-refractivity contribution < 1.29 is 4.79 Å². The normalized spacial score (nSPS) is 15.1. The van der Waals surface area contributed by atoms with Gasteiger partial charge in [-0.15, -0.1) is 0 Å². The van der Waals surface area contributed by atoms with E-state index in [2.05, 4.69) is 57.1 Å². The van der Waals surface area contributed by atoms with Gasteiger partial charge in [0.1, 0.15) is 0 Å². The van der Waals surface area contributed by atoms with Crippen molar-refractivity contribution in [3.8, 4) is 11.1 Å². The molecule has 0 saturated heterocycles. The highest BCUT2D eigenvalue weighted by molar-refractivity contribution is 5.75. The summed E-state index contributed by atoms with van der Waals surface area (Å²) in [6, 6.07) is 16.6. The molecule has 168 valence electrons. The predicted molar refractivity (Wildman–Crippen MR) is 127 cm³/mol. The number of benzene rings is 2. The number of amides is 2. The summed E-state index contributed by atoms with van der Waals surface area (Å²) < 4.78 is 3.96. The van der Waals surface area contributed by atoms with Crippen molar-refractivity contribution in [2.45, 2.75) is 38.4 Å². The smallest absolute Gasteiger partial charge is 0.315 e. The second-order valence-electron chi connectivity index (χ2n) is 8.53. The first-order valence-electron chi connectivity index (χ1n) is 11.4. The highest BCUT2D eigenvalue weighted by Crippen LogP contribution is 2.29. The Labute approximate surface area is 193 Å². The van der Waals surface area contributed by atoms with E-state index < -0.39 is 0 Å². The standard InChI is InChI=1S/C26H28N6O/c1-31-25-8-4-7-24(23(25)16-29-31)30-26(33)28-15-21-5-2-3-6-22(21)20-11-9-19(10-12-20)17-32-14-13-27-18-32/h2-3,5-6,9-14,16,18,24H,4,7-8,15,17H2,1H3,(H2,28,30,33). The first kappa shape index (κ1) is 21.0. The number of carbonyl (C=O) groups is 1. The van der Waals surface area contributed by atoms with Crippen LogP contribution in [0.25, 0.3) is 11.1 Å². The Hall–Kier alpha value is -3.87. The van der Waals surface area contributed by atoms with Gasteiger partial charge in [-0.1, -0.05) is 48.5 Å². The summed E-state index contributed by atoms with van der Waals surface area (Å²) >= 11 is 0. The molecule has 2 aromatic heterocycles. The van der Waals surface area contributed by atoms with E-state index in [4.69, 9.17) is 0 Å². The summed E-state index contributed by atoms with van der Waals surface area (Å²) in [5, 5.41) is 10.5. The summed E-state index contributed by atoms with van der Waals surface area (Å²) in [7, 11) is 1.96. The molecule has 5 rings (SSSR count). The average Bonchev–Trinajstić information content (AvgIpc) is 3.49. The summed E-state index contributed by atoms with van der Waals surface area (Å²) in [4.78, 5) is 16.8. The Morgan fingerprint density at radius 3 is 2.82 bits per heavy atom. The van der Waals surface area contributed by atoms with E-state index >= 15 is 0 Å². The van der Waals surface area contributed by atoms with Gasteiger partial charge in [-0.2, -0.15) is 5.10 Å². The Kier molecular flexibility index (Phi) is 5.93. The summed E-state index contributed by atoms with van der Waals surface area (Å²) in [5.41, 5.74) is 6.91. The van der Waals surface area contributed by atoms with Crippen LogP contribution in [0.5, 0.6) is 0 Å². The maximum Gasteiger partial charge on any atom is 0.315 e. The van der Waals surface area contributed by atoms with Gasteiger partial charge in [0.2, 0.25) is 0 Å². The molecular weight excluding hydrogens is 412 g/mol. The van der Waals surface area contributed by atoms with Gasteiger partial charge >= 0.3 is 6.03 Å². The quantitative estimate of drug-likeness (QED) is 0.472. The number of fused-ring (bicyclic) bond motifs is 1. The third kappa shape index (κ3) is 4.67. The van der Waals surface area contributed by atoms with Crippen LogP contribution in [-0.4, -0.2) is 25.4 Å². The van der Waals surface area contributed by atoms with Gasteiger partial charge in [0.15, 0.2) is 0 Å². The van der Waals surface area contributed by atoms with Gasteiger partial charge in [0.05, 0.1) is 18.6 Å². The Bertz CT molecular complexity index is 1230. The van der Waals surface area contributed by atoms with Gasteiger partial charge in [-0.25, -0.2) is 9.78 Å². The molecular formula is C26H28N6O. The lowest BCUT2D eigenvalue weighted by atomic mass is 9.93. The average molecular weight is 441 g/mol. The fourth-order valence-corrected chi connectivity index (χ4v) is 4.58. The third-order valence-electron chi connectivity index (χ3n) is 6.33. The molecule has 0 radical (unpaired) electrons. The van der Waals surface area contributed by atoms with Crippen LogP contribution in [0.15, 0.2) is 73.4 Å². The zero-order chi connectivity index (χ0) is 22.6. The molecule has 33 heavy (non-hydrogen) atoms. The number of nitrogens with one attached hydrogen (secondary N) is 2. The maximum absolute atomic E-state index is 12.7. The van der Waals surface area contributed by atoms with Crippen LogP contribution in [-0.2, 0) is 26.6 Å². The molecule has 4 aromatic rings. The number of rotatable bonds is 6. The van der Waals surface area contributed by atoms with E-state index in [9.17, 15) is 4.79 Å². The molecule has 2 heterocycles. The van der Waals surface area contributed by atoms with Crippen LogP contribution in [0, 0.1) is 0 Å². The molecule has 0 bridgehead atoms. The molecule has 2 amide bonds. The Morgan fingerprint density at radius 2 is 2.00 bits per heavy atom. The first-order valence-corrected chi connectivity index (χ1v) is 11.4. The highest BCUT2D eigenvalue weighted by Gasteiger charge is 2.24. The second kappa shape index (κ2) is 9.32. The number of aromatic nitrogens is 4. The minimum absolute atomic E-state index is 0.0146. The SMILES string of the molecule is Cn1ncc2c1CCCC2NC(=O)NCc1ccccc1-c1ccc(Cn2ccnc2)cc1. The number of nitrogens with zero attached hydrogens (tertiary/aromatic N) is 4. The zero-order valence-electron chi connectivity index (χ0n) is 18.7. The van der Waals surface area contributed by atoms with Crippen molar-refractivity contribution >= 4 is 6.03 Å². The molecule has 2 aromatic carbocycles. The molecule has 7 nitrogen and oxygen atoms in total. The van der Waals surface area contributed by atoms with E-state index in [0.29, 0.717) is 6.54 Å². The molecule has 1 atom stereocenters. The lowest BCUT2D eigenvalue weighted by molar-refractivity contribution is 0.235. The Morgan fingerprint density at radius 1 is 1.15 bits per heavy atom. The zero-order valence-corrected chi connectivity index (χ0v) is 18.7. The number of hydrogen-bond donors (Lipinski definition) is 2. The highest BCUT2D eigenvalue weighted by atomic mass is 16.2. The third-order valence-corrected chi connectivity index (χ3v) is 6.33. The monoisotopic (exact) mass is 440 g/mol. The van der Waals surface area contributed by atoms with Crippen molar-refractivity contribution in [2.24, 2.45) is 7.05 Å². The van der Waals surface area contributed by atoms with Crippen LogP contribution in [0.1, 0.15) is 41.3 Å². The molecule has 1 aliphatic rings. The summed E-state index contributed by atoms with van der Waals surface area (Å²) in [6.45, 7) is 1.26. The van der Waals surface area contributed by atoms with Gasteiger partial charge in [-0.3, -0.25) is 4.68 Å². The summed E-state index contributed by atoms with van der Waals surface area (Å²) in [5.74, 6) is 0. The fraction of sp³-hybridized carbons (Fsp3) is 0.269. The molecule has 7 heteroatoms. The van der Waals surface area contributed by atoms with Gasteiger partial charge in [0.25, 0.3) is 0 Å². The summed E-state index contributed by atoms with van der Waals surface area (Å²) in [6.07, 6.45) is 10.5. The molecule has 1 aliphatic carbocycles. The molecule has 0 spiro atoms. The minimum atomic E-state index is -0.151. The Balaban J connectivity index is 1.24. The largest absolute Gasteiger partial charge is 0.334 e. The molecule has 1 unspecified atom stereocenters. The lowest BCUT2D eigenvalue weighted by Crippen LogP contribution is -2.38. The minimum Gasteiger partial charge on any atom is -0.334 e. The van der Waals surface area contributed by atoms with Gasteiger partial charge in [-0.05, 0) is 41.5 Å².